The van der Waals surface area contributed by atoms with Crippen LogP contribution in [0.15, 0.2) is 0 Å². The Balaban J connectivity index is 4.23. The van der Waals surface area contributed by atoms with Gasteiger partial charge in [0.1, 0.15) is 24.4 Å². The van der Waals surface area contributed by atoms with E-state index in [1.807, 2.05) is 0 Å². The molecule has 0 radical (unpaired) electrons. The van der Waals surface area contributed by atoms with Crippen LogP contribution in [0.4, 0.5) is 0 Å². The molecule has 0 saturated carbocycles. The maximum absolute atomic E-state index is 9.93. The maximum atomic E-state index is 9.93. The molecule has 0 rings (SSSR count). The average molecular weight is 182 g/mol. The molecule has 0 aromatic heterocycles. The molecule has 5 N–H and O–H groups in total. The highest BCUT2D eigenvalue weighted by atomic mass is 16.4. The Morgan fingerprint density at radius 1 is 1.25 bits per heavy atom. The van der Waals surface area contributed by atoms with Gasteiger partial charge in [-0.25, -0.2) is 0 Å². The molecule has 6 heteroatoms. The van der Waals surface area contributed by atoms with Gasteiger partial charge in [0.2, 0.25) is 0 Å². The van der Waals surface area contributed by atoms with Crippen LogP contribution >= 0.6 is 0 Å². The van der Waals surface area contributed by atoms with Gasteiger partial charge in [-0.2, -0.15) is 0 Å². The fourth-order valence-electron chi connectivity index (χ4n) is 0.573. The largest absolute Gasteiger partial charge is 0.394 e. The number of carbonyl (C=O) groups excluding carboxylic acids is 1. The fraction of sp³-hybridized carbons (Fsp3) is 0.833. The molecule has 1 unspecified atom stereocenters. The summed E-state index contributed by atoms with van der Waals surface area (Å²) in [5.41, 5.74) is 0. The van der Waals surface area contributed by atoms with E-state index in [1.54, 1.807) is 0 Å². The Morgan fingerprint density at radius 3 is 2.08 bits per heavy atom. The van der Waals surface area contributed by atoms with E-state index < -0.39 is 31.0 Å². The SMILES string of the molecule is [3H]C(O)[C@@H](O)[C@H](O)[C@H](O)[C@@H](O)C=O. The third-order valence-electron chi connectivity index (χ3n) is 1.34. The van der Waals surface area contributed by atoms with Crippen molar-refractivity contribution < 1.29 is 31.7 Å². The van der Waals surface area contributed by atoms with Crippen LogP contribution in [0.25, 0.3) is 0 Å². The Bertz CT molecular complexity index is 163. The molecule has 0 aliphatic rings. The van der Waals surface area contributed by atoms with Gasteiger partial charge in [0.05, 0.1) is 7.95 Å². The molecule has 6 nitrogen and oxygen atoms in total. The molecule has 0 aromatic carbocycles. The van der Waals surface area contributed by atoms with E-state index in [0.29, 0.717) is 0 Å². The Hall–Kier alpha value is -0.530. The van der Waals surface area contributed by atoms with Crippen molar-refractivity contribution in [3.63, 3.8) is 0 Å². The summed E-state index contributed by atoms with van der Waals surface area (Å²) in [6.07, 6.45) is -7.70. The van der Waals surface area contributed by atoms with Crippen molar-refractivity contribution in [2.75, 3.05) is 6.58 Å². The highest BCUT2D eigenvalue weighted by molar-refractivity contribution is 5.56. The molecule has 0 fully saturated rings. The lowest BCUT2D eigenvalue weighted by Crippen LogP contribution is -2.46. The first-order valence-corrected chi connectivity index (χ1v) is 3.19. The Morgan fingerprint density at radius 2 is 1.75 bits per heavy atom. The van der Waals surface area contributed by atoms with Gasteiger partial charge in [-0.3, -0.25) is 0 Å². The molecule has 0 aromatic rings. The van der Waals surface area contributed by atoms with E-state index in [9.17, 15) is 4.79 Å². The lowest BCUT2D eigenvalue weighted by Gasteiger charge is -2.22. The number of rotatable bonds is 5. The third kappa shape index (κ3) is 2.84. The Kier molecular flexibility index (Phi) is 4.12. The minimum absolute atomic E-state index is 0.0308. The van der Waals surface area contributed by atoms with Crippen LogP contribution in [0.5, 0.6) is 0 Å². The highest BCUT2D eigenvalue weighted by Gasteiger charge is 2.29. The van der Waals surface area contributed by atoms with E-state index in [2.05, 4.69) is 0 Å². The van der Waals surface area contributed by atoms with Gasteiger partial charge in [-0.1, -0.05) is 0 Å². The zero-order chi connectivity index (χ0) is 10.6. The molecule has 0 amide bonds. The van der Waals surface area contributed by atoms with Crippen LogP contribution < -0.4 is 0 Å². The standard InChI is InChI=1S/C6H12O6/c7-1-3(9)5(11)6(12)4(10)2-8/h1,3-6,8-12H,2H2/t3-,4+,5+,6-/m0/s1/i2T/t2?,3-,4+,5+,6-. The fourth-order valence-corrected chi connectivity index (χ4v) is 0.573. The van der Waals surface area contributed by atoms with E-state index in [4.69, 9.17) is 26.9 Å². The van der Waals surface area contributed by atoms with Crippen molar-refractivity contribution in [3.05, 3.63) is 0 Å². The molecule has 72 valence electrons. The third-order valence-corrected chi connectivity index (χ3v) is 1.34. The van der Waals surface area contributed by atoms with Crippen LogP contribution in [-0.2, 0) is 4.79 Å². The van der Waals surface area contributed by atoms with Crippen LogP contribution in [0.1, 0.15) is 1.37 Å². The summed E-state index contributed by atoms with van der Waals surface area (Å²) in [6.45, 7) is -2.01. The number of aliphatic hydroxyl groups excluding tert-OH is 5. The van der Waals surface area contributed by atoms with E-state index >= 15 is 0 Å². The molecule has 0 bridgehead atoms. The number of hydrogen-bond donors (Lipinski definition) is 5. The first-order valence-electron chi connectivity index (χ1n) is 3.77. The van der Waals surface area contributed by atoms with Gasteiger partial charge >= 0.3 is 0 Å². The van der Waals surface area contributed by atoms with Crippen molar-refractivity contribution in [3.8, 4) is 0 Å². The molecular weight excluding hydrogens is 168 g/mol. The second-order valence-electron chi connectivity index (χ2n) is 2.25. The normalized spacial score (nSPS) is 24.9. The quantitative estimate of drug-likeness (QED) is 0.283. The highest BCUT2D eigenvalue weighted by Crippen LogP contribution is 2.02. The maximum Gasteiger partial charge on any atom is 0.151 e. The number of hydrogen-bond acceptors (Lipinski definition) is 6. The zero-order valence-corrected chi connectivity index (χ0v) is 6.11. The first kappa shape index (κ1) is 9.56. The van der Waals surface area contributed by atoms with Crippen molar-refractivity contribution in [2.45, 2.75) is 24.4 Å². The monoisotopic (exact) mass is 182 g/mol. The minimum atomic E-state index is -2.01. The molecule has 12 heavy (non-hydrogen) atoms. The van der Waals surface area contributed by atoms with Gasteiger partial charge in [-0.05, 0) is 0 Å². The predicted octanol–water partition coefficient (Wildman–Crippen LogP) is -3.38. The summed E-state index contributed by atoms with van der Waals surface area (Å²) in [4.78, 5) is 9.93. The van der Waals surface area contributed by atoms with Gasteiger partial charge in [0.15, 0.2) is 6.29 Å². The van der Waals surface area contributed by atoms with E-state index in [1.165, 1.54) is 0 Å². The second-order valence-corrected chi connectivity index (χ2v) is 2.25. The summed E-state index contributed by atoms with van der Waals surface area (Å²) in [5.74, 6) is 0. The summed E-state index contributed by atoms with van der Waals surface area (Å²) in [7, 11) is 0. The van der Waals surface area contributed by atoms with E-state index in [0.717, 1.165) is 0 Å². The lowest BCUT2D eigenvalue weighted by molar-refractivity contribution is -0.136. The summed E-state index contributed by atoms with van der Waals surface area (Å²) in [5, 5.41) is 43.9. The lowest BCUT2D eigenvalue weighted by atomic mass is 10.0. The van der Waals surface area contributed by atoms with Gasteiger partial charge in [0.25, 0.3) is 0 Å². The number of aldehydes is 1. The summed E-state index contributed by atoms with van der Waals surface area (Å²) >= 11 is 0. The predicted molar refractivity (Wildman–Crippen MR) is 37.2 cm³/mol. The van der Waals surface area contributed by atoms with Crippen molar-refractivity contribution >= 4 is 6.29 Å². The topological polar surface area (TPSA) is 118 Å². The molecule has 5 atom stereocenters. The van der Waals surface area contributed by atoms with Crippen LogP contribution in [0.3, 0.4) is 0 Å². The smallest absolute Gasteiger partial charge is 0.151 e. The summed E-state index contributed by atoms with van der Waals surface area (Å²) < 4.78 is 6.57. The van der Waals surface area contributed by atoms with Gasteiger partial charge < -0.3 is 30.3 Å². The van der Waals surface area contributed by atoms with Crippen LogP contribution in [-0.4, -0.2) is 62.8 Å². The van der Waals surface area contributed by atoms with Gasteiger partial charge in [-0.15, -0.1) is 0 Å². The van der Waals surface area contributed by atoms with Crippen LogP contribution in [0.2, 0.25) is 0 Å². The van der Waals surface area contributed by atoms with Crippen molar-refractivity contribution in [1.29, 1.82) is 0 Å². The van der Waals surface area contributed by atoms with Crippen LogP contribution in [0, 0.1) is 0 Å². The van der Waals surface area contributed by atoms with Crippen molar-refractivity contribution in [1.82, 2.24) is 0 Å². The molecule has 0 aliphatic carbocycles. The minimum Gasteiger partial charge on any atom is -0.394 e. The number of carbonyl (C=O) groups is 1. The van der Waals surface area contributed by atoms with Gasteiger partial charge in [0, 0.05) is 0 Å². The number of aliphatic hydroxyl groups is 5. The molecular formula is C6H12O6. The van der Waals surface area contributed by atoms with Crippen molar-refractivity contribution in [2.24, 2.45) is 0 Å². The summed E-state index contributed by atoms with van der Waals surface area (Å²) in [6, 6.07) is 0. The Labute approximate surface area is 70.1 Å². The molecule has 0 heterocycles. The molecule has 0 spiro atoms. The first-order chi connectivity index (χ1) is 5.91. The molecule has 0 saturated heterocycles. The second kappa shape index (κ2) is 5.18. The van der Waals surface area contributed by atoms with E-state index in [-0.39, 0.29) is 6.29 Å². The zero-order valence-electron chi connectivity index (χ0n) is 7.11. The average Bonchev–Trinajstić information content (AvgIpc) is 2.12. The molecule has 0 aliphatic heterocycles.